The van der Waals surface area contributed by atoms with E-state index >= 15 is 0 Å². The lowest BCUT2D eigenvalue weighted by Crippen LogP contribution is -2.08. The second-order valence-electron chi connectivity index (χ2n) is 3.79. The van der Waals surface area contributed by atoms with Gasteiger partial charge in [0.25, 0.3) is 0 Å². The van der Waals surface area contributed by atoms with Crippen molar-refractivity contribution in [2.75, 3.05) is 14.1 Å². The summed E-state index contributed by atoms with van der Waals surface area (Å²) < 4.78 is 12.6. The van der Waals surface area contributed by atoms with Gasteiger partial charge in [-0.15, -0.1) is 0 Å². The summed E-state index contributed by atoms with van der Waals surface area (Å²) >= 11 is 0. The molecule has 0 bridgehead atoms. The predicted molar refractivity (Wildman–Crippen MR) is 58.6 cm³/mol. The first-order chi connectivity index (χ1) is 7.09. The van der Waals surface area contributed by atoms with Crippen molar-refractivity contribution in [1.29, 1.82) is 0 Å². The van der Waals surface area contributed by atoms with Crippen molar-refractivity contribution in [3.8, 4) is 0 Å². The highest BCUT2D eigenvalue weighted by Gasteiger charge is 2.07. The van der Waals surface area contributed by atoms with Gasteiger partial charge in [-0.3, -0.25) is 0 Å². The first-order valence-corrected chi connectivity index (χ1v) is 5.03. The lowest BCUT2D eigenvalue weighted by Gasteiger charge is -2.13. The van der Waals surface area contributed by atoms with Crippen molar-refractivity contribution in [2.24, 2.45) is 0 Å². The third kappa shape index (κ3) is 4.40. The Bertz CT molecular complexity index is 284. The monoisotopic (exact) mass is 210 g/mol. The molecule has 1 atom stereocenters. The molecule has 0 saturated carbocycles. The van der Waals surface area contributed by atoms with Crippen LogP contribution in [-0.4, -0.2) is 24.1 Å². The number of hydrogen-bond acceptors (Lipinski definition) is 2. The highest BCUT2D eigenvalue weighted by molar-refractivity contribution is 5.18. The molecule has 3 heteroatoms. The fraction of sp³-hybridized carbons (Fsp3) is 0.417. The Morgan fingerprint density at radius 1 is 1.33 bits per heavy atom. The molecule has 1 radical (unpaired) electrons. The molecule has 0 aliphatic heterocycles. The maximum absolute atomic E-state index is 12.6. The van der Waals surface area contributed by atoms with Crippen LogP contribution in [0.4, 0.5) is 4.39 Å². The summed E-state index contributed by atoms with van der Waals surface area (Å²) in [4.78, 5) is 1.96. The molecule has 0 amide bonds. The van der Waals surface area contributed by atoms with E-state index in [-0.39, 0.29) is 5.82 Å². The van der Waals surface area contributed by atoms with E-state index in [0.717, 1.165) is 12.0 Å². The van der Waals surface area contributed by atoms with Crippen LogP contribution in [0.1, 0.15) is 24.5 Å². The molecular weight excluding hydrogens is 193 g/mol. The second kappa shape index (κ2) is 5.83. The lowest BCUT2D eigenvalue weighted by molar-refractivity contribution is 0.164. The molecule has 0 aliphatic carbocycles. The van der Waals surface area contributed by atoms with Gasteiger partial charge >= 0.3 is 0 Å². The number of rotatable bonds is 5. The van der Waals surface area contributed by atoms with Crippen molar-refractivity contribution < 1.29 is 9.50 Å². The summed E-state index contributed by atoms with van der Waals surface area (Å²) in [5, 5.41) is 9.76. The Morgan fingerprint density at radius 2 is 1.93 bits per heavy atom. The average Bonchev–Trinajstić information content (AvgIpc) is 2.18. The van der Waals surface area contributed by atoms with Crippen LogP contribution in [-0.2, 0) is 0 Å². The van der Waals surface area contributed by atoms with Crippen LogP contribution in [0.5, 0.6) is 0 Å². The van der Waals surface area contributed by atoms with Crippen LogP contribution in [0.2, 0.25) is 0 Å². The van der Waals surface area contributed by atoms with Crippen LogP contribution in [0.15, 0.2) is 24.3 Å². The topological polar surface area (TPSA) is 23.5 Å². The standard InChI is InChI=1S/C12H17FNO/c1-14(2)9-3-4-12(15)10-5-7-11(13)8-6-10/h5-9,12,15H,3-4H2,1-2H3/t12-/m0/s1. The van der Waals surface area contributed by atoms with Crippen molar-refractivity contribution in [1.82, 2.24) is 4.90 Å². The molecular formula is C12H17FNO. The van der Waals surface area contributed by atoms with Crippen LogP contribution < -0.4 is 0 Å². The van der Waals surface area contributed by atoms with Gasteiger partial charge in [0.15, 0.2) is 0 Å². The first kappa shape index (κ1) is 12.1. The molecule has 1 N–H and O–H groups in total. The molecule has 0 heterocycles. The minimum Gasteiger partial charge on any atom is -0.388 e. The first-order valence-electron chi connectivity index (χ1n) is 5.03. The number of halogens is 1. The summed E-state index contributed by atoms with van der Waals surface area (Å²) in [6.07, 6.45) is 0.955. The van der Waals surface area contributed by atoms with E-state index in [1.165, 1.54) is 12.1 Å². The van der Waals surface area contributed by atoms with Crippen molar-refractivity contribution in [2.45, 2.75) is 18.9 Å². The van der Waals surface area contributed by atoms with Gasteiger partial charge < -0.3 is 10.0 Å². The average molecular weight is 210 g/mol. The molecule has 15 heavy (non-hydrogen) atoms. The Morgan fingerprint density at radius 3 is 2.47 bits per heavy atom. The minimum absolute atomic E-state index is 0.272. The van der Waals surface area contributed by atoms with Gasteiger partial charge in [-0.2, -0.15) is 0 Å². The van der Waals surface area contributed by atoms with Gasteiger partial charge in [0, 0.05) is 6.54 Å². The third-order valence-corrected chi connectivity index (χ3v) is 2.19. The molecule has 0 aliphatic rings. The van der Waals surface area contributed by atoms with E-state index < -0.39 is 6.10 Å². The zero-order valence-electron chi connectivity index (χ0n) is 9.15. The van der Waals surface area contributed by atoms with Gasteiger partial charge in [-0.25, -0.2) is 4.39 Å². The Balaban J connectivity index is 2.40. The highest BCUT2D eigenvalue weighted by atomic mass is 19.1. The van der Waals surface area contributed by atoms with E-state index in [1.807, 2.05) is 25.5 Å². The van der Waals surface area contributed by atoms with Crippen molar-refractivity contribution in [3.63, 3.8) is 0 Å². The number of aliphatic hydroxyl groups is 1. The number of benzene rings is 1. The number of hydrogen-bond donors (Lipinski definition) is 1. The summed E-state index contributed by atoms with van der Waals surface area (Å²) in [5.41, 5.74) is 0.767. The highest BCUT2D eigenvalue weighted by Crippen LogP contribution is 2.19. The van der Waals surface area contributed by atoms with Crippen molar-refractivity contribution >= 4 is 0 Å². The molecule has 1 aromatic rings. The van der Waals surface area contributed by atoms with Gasteiger partial charge in [0.05, 0.1) is 6.10 Å². The quantitative estimate of drug-likeness (QED) is 0.806. The van der Waals surface area contributed by atoms with E-state index in [4.69, 9.17) is 0 Å². The third-order valence-electron chi connectivity index (χ3n) is 2.19. The van der Waals surface area contributed by atoms with Crippen LogP contribution in [0, 0.1) is 12.4 Å². The molecule has 0 aromatic heterocycles. The molecule has 1 aromatic carbocycles. The molecule has 83 valence electrons. The molecule has 0 saturated heterocycles. The Labute approximate surface area is 90.3 Å². The minimum atomic E-state index is -0.512. The Kier molecular flexibility index (Phi) is 4.72. The van der Waals surface area contributed by atoms with Crippen molar-refractivity contribution in [3.05, 3.63) is 42.2 Å². The molecule has 0 unspecified atom stereocenters. The van der Waals surface area contributed by atoms with E-state index in [0.29, 0.717) is 6.42 Å². The largest absolute Gasteiger partial charge is 0.388 e. The number of nitrogens with zero attached hydrogens (tertiary/aromatic N) is 1. The maximum Gasteiger partial charge on any atom is 0.123 e. The smallest absolute Gasteiger partial charge is 0.123 e. The summed E-state index contributed by atoms with van der Waals surface area (Å²) in [6, 6.07) is 5.98. The SMILES string of the molecule is CN(C)[CH]CC[C@H](O)c1ccc(F)cc1. The van der Waals surface area contributed by atoms with Gasteiger partial charge in [-0.1, -0.05) is 12.1 Å². The Hall–Kier alpha value is -0.930. The van der Waals surface area contributed by atoms with Gasteiger partial charge in [0.1, 0.15) is 5.82 Å². The summed E-state index contributed by atoms with van der Waals surface area (Å²) in [7, 11) is 3.90. The summed E-state index contributed by atoms with van der Waals surface area (Å²) in [6.45, 7) is 2.01. The van der Waals surface area contributed by atoms with Gasteiger partial charge in [-0.05, 0) is 44.6 Å². The fourth-order valence-electron chi connectivity index (χ4n) is 1.34. The molecule has 0 spiro atoms. The molecule has 0 fully saturated rings. The predicted octanol–water partition coefficient (Wildman–Crippen LogP) is 2.36. The summed E-state index contributed by atoms with van der Waals surface area (Å²) in [5.74, 6) is -0.272. The zero-order chi connectivity index (χ0) is 11.3. The van der Waals surface area contributed by atoms with E-state index in [2.05, 4.69) is 0 Å². The lowest BCUT2D eigenvalue weighted by atomic mass is 10.0. The fourth-order valence-corrected chi connectivity index (χ4v) is 1.34. The number of aliphatic hydroxyl groups excluding tert-OH is 1. The maximum atomic E-state index is 12.6. The van der Waals surface area contributed by atoms with Crippen LogP contribution >= 0.6 is 0 Å². The van der Waals surface area contributed by atoms with Crippen LogP contribution in [0.3, 0.4) is 0 Å². The molecule has 2 nitrogen and oxygen atoms in total. The van der Waals surface area contributed by atoms with Crippen LogP contribution in [0.25, 0.3) is 0 Å². The molecule has 1 rings (SSSR count). The van der Waals surface area contributed by atoms with E-state index in [1.54, 1.807) is 12.1 Å². The zero-order valence-corrected chi connectivity index (χ0v) is 9.15. The normalized spacial score (nSPS) is 13.1. The van der Waals surface area contributed by atoms with E-state index in [9.17, 15) is 9.50 Å². The van der Waals surface area contributed by atoms with Gasteiger partial charge in [0.2, 0.25) is 0 Å². The second-order valence-corrected chi connectivity index (χ2v) is 3.79.